The number of hydrogen-bond acceptors (Lipinski definition) is 0. The van der Waals surface area contributed by atoms with Gasteiger partial charge in [0.1, 0.15) is 0 Å². The van der Waals surface area contributed by atoms with Crippen LogP contribution < -0.4 is 38.9 Å². The predicted octanol–water partition coefficient (Wildman–Crippen LogP) is 3.62. The van der Waals surface area contributed by atoms with Gasteiger partial charge >= 0.3 is 0 Å². The molecule has 0 heterocycles. The maximum atomic E-state index is 2.43. The summed E-state index contributed by atoms with van der Waals surface area (Å²) in [5.74, 6) is 0. The van der Waals surface area contributed by atoms with Crippen molar-refractivity contribution in [2.24, 2.45) is 0 Å². The Kier molecular flexibility index (Phi) is 45.7. The van der Waals surface area contributed by atoms with E-state index in [1.165, 1.54) is 178 Å². The van der Waals surface area contributed by atoms with Gasteiger partial charge in [-0.3, -0.25) is 0 Å². The molecule has 0 aliphatic carbocycles. The van der Waals surface area contributed by atoms with Crippen molar-refractivity contribution in [1.29, 1.82) is 0 Å². The Morgan fingerprint density at radius 1 is 0.368 bits per heavy atom. The highest BCUT2D eigenvalue weighted by atomic mass is 79.9. The van der Waals surface area contributed by atoms with Crippen LogP contribution in [0.2, 0.25) is 0 Å². The second kappa shape index (κ2) is 37.9. The monoisotopic (exact) mass is 670 g/mol. The van der Waals surface area contributed by atoms with Gasteiger partial charge in [0.2, 0.25) is 0 Å². The van der Waals surface area contributed by atoms with Crippen molar-refractivity contribution in [1.82, 2.24) is 0 Å². The first kappa shape index (κ1) is 45.9. The molecule has 0 amide bonds. The van der Waals surface area contributed by atoms with E-state index in [4.69, 9.17) is 0 Å². The van der Waals surface area contributed by atoms with Crippen molar-refractivity contribution in [2.45, 2.75) is 175 Å². The Labute approximate surface area is 265 Å². The summed E-state index contributed by atoms with van der Waals surface area (Å²) in [6.07, 6.45) is 34.5. The van der Waals surface area contributed by atoms with Crippen molar-refractivity contribution >= 4 is 0 Å². The second-order valence-electron chi connectivity index (χ2n) is 12.8. The fourth-order valence-corrected chi connectivity index (χ4v) is 5.07. The molecule has 4 heteroatoms. The third-order valence-corrected chi connectivity index (χ3v) is 7.76. The van der Waals surface area contributed by atoms with Crippen LogP contribution in [0.4, 0.5) is 0 Å². The SMILES string of the molecule is CCCCCCCCCC[N+](C)(C)CCCCCCCCCC.CCCCCCCCCC[NH+](C)C.[Br-].[Br-]. The molecule has 0 fully saturated rings. The molecule has 0 unspecified atom stereocenters. The number of unbranched alkanes of at least 4 members (excludes halogenated alkanes) is 21. The van der Waals surface area contributed by atoms with Gasteiger partial charge in [-0.2, -0.15) is 0 Å². The summed E-state index contributed by atoms with van der Waals surface area (Å²) in [4.78, 5) is 1.59. The molecule has 0 rings (SSSR count). The maximum absolute atomic E-state index is 2.43. The van der Waals surface area contributed by atoms with Gasteiger partial charge in [-0.25, -0.2) is 0 Å². The van der Waals surface area contributed by atoms with Crippen molar-refractivity contribution in [2.75, 3.05) is 47.8 Å². The summed E-state index contributed by atoms with van der Waals surface area (Å²) in [5.41, 5.74) is 0. The van der Waals surface area contributed by atoms with Gasteiger partial charge in [-0.15, -0.1) is 0 Å². The van der Waals surface area contributed by atoms with E-state index in [1.807, 2.05) is 0 Å². The van der Waals surface area contributed by atoms with Crippen LogP contribution in [0.1, 0.15) is 175 Å². The minimum Gasteiger partial charge on any atom is -1.00 e. The zero-order valence-corrected chi connectivity index (χ0v) is 31.0. The van der Waals surface area contributed by atoms with Gasteiger partial charge in [0.25, 0.3) is 0 Å². The van der Waals surface area contributed by atoms with Gasteiger partial charge in [0.15, 0.2) is 0 Å². The molecule has 0 saturated carbocycles. The highest BCUT2D eigenvalue weighted by Crippen LogP contribution is 2.13. The molecule has 1 N–H and O–H groups in total. The van der Waals surface area contributed by atoms with E-state index in [1.54, 1.807) is 4.90 Å². The van der Waals surface area contributed by atoms with Crippen LogP contribution in [0.3, 0.4) is 0 Å². The first-order valence-corrected chi connectivity index (χ1v) is 17.0. The van der Waals surface area contributed by atoms with Crippen LogP contribution in [0, 0.1) is 0 Å². The summed E-state index contributed by atoms with van der Waals surface area (Å²) in [7, 11) is 9.34. The van der Waals surface area contributed by atoms with E-state index >= 15 is 0 Å². The normalized spacial score (nSPS) is 11.1. The van der Waals surface area contributed by atoms with Crippen LogP contribution in [0.25, 0.3) is 0 Å². The third kappa shape index (κ3) is 43.9. The minimum absolute atomic E-state index is 0. The first-order valence-electron chi connectivity index (χ1n) is 17.0. The van der Waals surface area contributed by atoms with Crippen molar-refractivity contribution in [3.63, 3.8) is 0 Å². The summed E-state index contributed by atoms with van der Waals surface area (Å²) in [5, 5.41) is 0. The average molecular weight is 673 g/mol. The quantitative estimate of drug-likeness (QED) is 0.101. The summed E-state index contributed by atoms with van der Waals surface area (Å²) >= 11 is 0. The fraction of sp³-hybridized carbons (Fsp3) is 1.00. The average Bonchev–Trinajstić information content (AvgIpc) is 2.84. The van der Waals surface area contributed by atoms with E-state index in [0.29, 0.717) is 0 Å². The largest absolute Gasteiger partial charge is 1.00 e. The number of quaternary nitrogens is 2. The van der Waals surface area contributed by atoms with Crippen LogP contribution in [-0.2, 0) is 0 Å². The van der Waals surface area contributed by atoms with Gasteiger partial charge in [-0.1, -0.05) is 136 Å². The van der Waals surface area contributed by atoms with E-state index in [9.17, 15) is 0 Å². The van der Waals surface area contributed by atoms with E-state index < -0.39 is 0 Å². The molecule has 0 aliphatic rings. The molecule has 236 valence electrons. The highest BCUT2D eigenvalue weighted by molar-refractivity contribution is 4.49. The predicted molar refractivity (Wildman–Crippen MR) is 167 cm³/mol. The zero-order chi connectivity index (χ0) is 27.2. The van der Waals surface area contributed by atoms with Crippen LogP contribution in [-0.4, -0.2) is 52.3 Å². The minimum atomic E-state index is 0. The third-order valence-electron chi connectivity index (χ3n) is 7.76. The van der Waals surface area contributed by atoms with E-state index in [-0.39, 0.29) is 34.0 Å². The molecule has 0 atom stereocenters. The number of rotatable bonds is 27. The molecule has 2 nitrogen and oxygen atoms in total. The maximum Gasteiger partial charge on any atom is 0.0782 e. The molecular weight excluding hydrogens is 596 g/mol. The molecule has 0 aliphatic heterocycles. The van der Waals surface area contributed by atoms with Crippen molar-refractivity contribution in [3.05, 3.63) is 0 Å². The lowest BCUT2D eigenvalue weighted by molar-refractivity contribution is -0.890. The molecule has 0 aromatic heterocycles. The molecule has 0 aromatic rings. The number of hydrogen-bond donors (Lipinski definition) is 1. The van der Waals surface area contributed by atoms with Crippen molar-refractivity contribution in [3.8, 4) is 0 Å². The second-order valence-corrected chi connectivity index (χ2v) is 12.8. The molecular formula is C34H76Br2N2. The Bertz CT molecular complexity index is 367. The van der Waals surface area contributed by atoms with Crippen molar-refractivity contribution < 1.29 is 43.3 Å². The lowest BCUT2D eigenvalue weighted by atomic mass is 10.1. The molecule has 38 heavy (non-hydrogen) atoms. The number of nitrogens with zero attached hydrogens (tertiary/aromatic N) is 1. The Morgan fingerprint density at radius 3 is 0.868 bits per heavy atom. The fourth-order valence-electron chi connectivity index (χ4n) is 5.07. The molecule has 0 aromatic carbocycles. The summed E-state index contributed by atoms with van der Waals surface area (Å²) in [6.45, 7) is 11.0. The van der Waals surface area contributed by atoms with Crippen LogP contribution >= 0.6 is 0 Å². The standard InChI is InChI=1S/C22H48N.C12H27N.2BrH/c1-5-7-9-11-13-15-17-19-21-23(3,4)22-20-18-16-14-12-10-8-6-2;1-4-5-6-7-8-9-10-11-12-13(2)3;;/h5-22H2,1-4H3;4-12H2,1-3H3;2*1H/q+1;;;/p-1. The summed E-state index contributed by atoms with van der Waals surface area (Å²) in [6, 6.07) is 0. The van der Waals surface area contributed by atoms with E-state index in [0.717, 1.165) is 0 Å². The molecule has 0 saturated heterocycles. The molecule has 0 spiro atoms. The Hall–Kier alpha value is 0.880. The molecule has 0 radical (unpaired) electrons. The highest BCUT2D eigenvalue weighted by Gasteiger charge is 2.13. The topological polar surface area (TPSA) is 4.44 Å². The number of nitrogens with one attached hydrogen (secondary N) is 1. The van der Waals surface area contributed by atoms with Gasteiger partial charge in [0.05, 0.1) is 47.8 Å². The van der Waals surface area contributed by atoms with Crippen LogP contribution in [0.15, 0.2) is 0 Å². The lowest BCUT2D eigenvalue weighted by Crippen LogP contribution is -3.05. The number of halogens is 2. The molecule has 0 bridgehead atoms. The van der Waals surface area contributed by atoms with Gasteiger partial charge in [0, 0.05) is 0 Å². The smallest absolute Gasteiger partial charge is 0.0782 e. The Balaban J connectivity index is -0.000000331. The van der Waals surface area contributed by atoms with Crippen LogP contribution in [0.5, 0.6) is 0 Å². The Morgan fingerprint density at radius 2 is 0.605 bits per heavy atom. The van der Waals surface area contributed by atoms with Gasteiger partial charge in [-0.05, 0) is 38.5 Å². The summed E-state index contributed by atoms with van der Waals surface area (Å²) < 4.78 is 1.24. The van der Waals surface area contributed by atoms with Gasteiger partial charge < -0.3 is 43.3 Å². The van der Waals surface area contributed by atoms with E-state index in [2.05, 4.69) is 49.0 Å². The zero-order valence-electron chi connectivity index (χ0n) is 27.8. The first-order chi connectivity index (χ1) is 17.4. The lowest BCUT2D eigenvalue weighted by Gasteiger charge is -2.30.